The van der Waals surface area contributed by atoms with Gasteiger partial charge in [0.15, 0.2) is 5.96 Å². The third-order valence-corrected chi connectivity index (χ3v) is 3.34. The normalized spacial score (nSPS) is 12.2. The quantitative estimate of drug-likeness (QED) is 0.338. The molecule has 2 rings (SSSR count). The molecule has 4 N–H and O–H groups in total. The van der Waals surface area contributed by atoms with Crippen LogP contribution in [0.1, 0.15) is 12.5 Å². The second-order valence-corrected chi connectivity index (χ2v) is 5.32. The number of ether oxygens (including phenoxy) is 1. The Morgan fingerprint density at radius 1 is 1.28 bits per heavy atom. The molecular formula is C18H23FIN3O2. The van der Waals surface area contributed by atoms with Crippen molar-refractivity contribution in [3.63, 3.8) is 0 Å². The minimum atomic E-state index is -0.808. The predicted octanol–water partition coefficient (Wildman–Crippen LogP) is 3.17. The van der Waals surface area contributed by atoms with Gasteiger partial charge in [-0.15, -0.1) is 24.0 Å². The van der Waals surface area contributed by atoms with Crippen LogP contribution in [-0.4, -0.2) is 30.3 Å². The van der Waals surface area contributed by atoms with Crippen molar-refractivity contribution in [3.05, 3.63) is 59.9 Å². The lowest BCUT2D eigenvalue weighted by atomic mass is 10.1. The van der Waals surface area contributed by atoms with Gasteiger partial charge >= 0.3 is 0 Å². The standard InChI is InChI=1S/C18H22FN3O2.HI/c1-2-13-4-3-5-15(10-13)22-18(20)21-11-16(23)12-24-17-8-6-14(19)7-9-17;/h3-10,16,23H,2,11-12H2,1H3,(H3,20,21,22);1H. The van der Waals surface area contributed by atoms with E-state index in [1.54, 1.807) is 0 Å². The number of aliphatic hydroxyl groups excluding tert-OH is 1. The fraction of sp³-hybridized carbons (Fsp3) is 0.278. The molecule has 0 radical (unpaired) electrons. The first-order chi connectivity index (χ1) is 11.6. The Hall–Kier alpha value is -1.87. The molecule has 0 saturated heterocycles. The highest BCUT2D eigenvalue weighted by Crippen LogP contribution is 2.12. The molecule has 1 atom stereocenters. The van der Waals surface area contributed by atoms with Gasteiger partial charge < -0.3 is 20.9 Å². The molecule has 0 spiro atoms. The number of anilines is 1. The van der Waals surface area contributed by atoms with E-state index in [0.717, 1.165) is 12.1 Å². The van der Waals surface area contributed by atoms with Crippen molar-refractivity contribution in [1.29, 1.82) is 0 Å². The highest BCUT2D eigenvalue weighted by Gasteiger charge is 2.05. The Labute approximate surface area is 164 Å². The van der Waals surface area contributed by atoms with Crippen molar-refractivity contribution in [1.82, 2.24) is 0 Å². The summed E-state index contributed by atoms with van der Waals surface area (Å²) in [6.45, 7) is 2.23. The third-order valence-electron chi connectivity index (χ3n) is 3.34. The number of aryl methyl sites for hydroxylation is 1. The molecule has 0 amide bonds. The largest absolute Gasteiger partial charge is 0.491 e. The van der Waals surface area contributed by atoms with Crippen molar-refractivity contribution in [3.8, 4) is 5.75 Å². The molecule has 0 heterocycles. The van der Waals surface area contributed by atoms with Crippen molar-refractivity contribution in [2.24, 2.45) is 10.7 Å². The number of rotatable bonds is 7. The zero-order valence-corrected chi connectivity index (χ0v) is 16.3. The number of hydrogen-bond donors (Lipinski definition) is 3. The average Bonchev–Trinajstić information content (AvgIpc) is 2.59. The topological polar surface area (TPSA) is 79.9 Å². The number of halogens is 2. The van der Waals surface area contributed by atoms with Crippen LogP contribution in [-0.2, 0) is 6.42 Å². The molecule has 0 aliphatic rings. The summed E-state index contributed by atoms with van der Waals surface area (Å²) in [4.78, 5) is 4.09. The molecular weight excluding hydrogens is 436 g/mol. The fourth-order valence-electron chi connectivity index (χ4n) is 2.04. The molecule has 0 saturated carbocycles. The third kappa shape index (κ3) is 7.70. The summed E-state index contributed by atoms with van der Waals surface area (Å²) in [5, 5.41) is 12.9. The highest BCUT2D eigenvalue weighted by molar-refractivity contribution is 14.0. The number of guanidine groups is 1. The summed E-state index contributed by atoms with van der Waals surface area (Å²) in [5.74, 6) is 0.379. The smallest absolute Gasteiger partial charge is 0.193 e. The van der Waals surface area contributed by atoms with E-state index >= 15 is 0 Å². The van der Waals surface area contributed by atoms with E-state index in [0.29, 0.717) is 5.75 Å². The molecule has 0 aliphatic carbocycles. The number of benzene rings is 2. The van der Waals surface area contributed by atoms with E-state index in [4.69, 9.17) is 10.5 Å². The van der Waals surface area contributed by atoms with Crippen molar-refractivity contribution < 1.29 is 14.2 Å². The van der Waals surface area contributed by atoms with Gasteiger partial charge in [-0.1, -0.05) is 19.1 Å². The van der Waals surface area contributed by atoms with Gasteiger partial charge in [0, 0.05) is 5.69 Å². The number of nitrogens with one attached hydrogen (secondary N) is 1. The van der Waals surface area contributed by atoms with Gasteiger partial charge in [-0.05, 0) is 48.4 Å². The van der Waals surface area contributed by atoms with Crippen LogP contribution in [0.2, 0.25) is 0 Å². The molecule has 5 nitrogen and oxygen atoms in total. The number of aliphatic imine (C=N–C) groups is 1. The molecule has 0 aliphatic heterocycles. The molecule has 2 aromatic carbocycles. The Kier molecular flexibility index (Phi) is 9.22. The van der Waals surface area contributed by atoms with Crippen LogP contribution < -0.4 is 15.8 Å². The lowest BCUT2D eigenvalue weighted by molar-refractivity contribution is 0.114. The zero-order valence-electron chi connectivity index (χ0n) is 14.0. The van der Waals surface area contributed by atoms with E-state index < -0.39 is 6.10 Å². The van der Waals surface area contributed by atoms with Crippen molar-refractivity contribution in [2.75, 3.05) is 18.5 Å². The van der Waals surface area contributed by atoms with Crippen LogP contribution >= 0.6 is 24.0 Å². The van der Waals surface area contributed by atoms with E-state index in [2.05, 4.69) is 17.2 Å². The second kappa shape index (κ2) is 10.9. The van der Waals surface area contributed by atoms with Gasteiger partial charge in [0.1, 0.15) is 24.3 Å². The van der Waals surface area contributed by atoms with Crippen LogP contribution in [0.3, 0.4) is 0 Å². The lowest BCUT2D eigenvalue weighted by Gasteiger charge is -2.11. The molecule has 0 fully saturated rings. The first-order valence-corrected chi connectivity index (χ1v) is 7.79. The Balaban J connectivity index is 0.00000312. The van der Waals surface area contributed by atoms with Crippen LogP contribution in [0.4, 0.5) is 10.1 Å². The van der Waals surface area contributed by atoms with Crippen LogP contribution in [0, 0.1) is 5.82 Å². The maximum absolute atomic E-state index is 12.8. The number of hydrogen-bond acceptors (Lipinski definition) is 3. The molecule has 7 heteroatoms. The molecule has 2 aromatic rings. The Bertz CT molecular complexity index is 680. The maximum atomic E-state index is 12.8. The summed E-state index contributed by atoms with van der Waals surface area (Å²) in [6, 6.07) is 13.5. The average molecular weight is 459 g/mol. The zero-order chi connectivity index (χ0) is 17.4. The molecule has 1 unspecified atom stereocenters. The minimum Gasteiger partial charge on any atom is -0.491 e. The SMILES string of the molecule is CCc1cccc(NC(N)=NCC(O)COc2ccc(F)cc2)c1.I. The van der Waals surface area contributed by atoms with Gasteiger partial charge in [-0.3, -0.25) is 4.99 Å². The summed E-state index contributed by atoms with van der Waals surface area (Å²) in [6.07, 6.45) is 0.129. The van der Waals surface area contributed by atoms with E-state index in [1.165, 1.54) is 29.8 Å². The molecule has 0 bridgehead atoms. The van der Waals surface area contributed by atoms with Gasteiger partial charge in [-0.2, -0.15) is 0 Å². The minimum absolute atomic E-state index is 0. The Morgan fingerprint density at radius 3 is 2.68 bits per heavy atom. The summed E-state index contributed by atoms with van der Waals surface area (Å²) < 4.78 is 18.1. The summed E-state index contributed by atoms with van der Waals surface area (Å²) in [5.41, 5.74) is 7.86. The first-order valence-electron chi connectivity index (χ1n) is 7.79. The summed E-state index contributed by atoms with van der Waals surface area (Å²) in [7, 11) is 0. The van der Waals surface area contributed by atoms with Crippen LogP contribution in [0.15, 0.2) is 53.5 Å². The van der Waals surface area contributed by atoms with E-state index in [9.17, 15) is 9.50 Å². The van der Waals surface area contributed by atoms with Crippen molar-refractivity contribution >= 4 is 35.6 Å². The predicted molar refractivity (Wildman–Crippen MR) is 109 cm³/mol. The van der Waals surface area contributed by atoms with E-state index in [-0.39, 0.29) is 48.9 Å². The number of nitrogens with two attached hydrogens (primary N) is 1. The first kappa shape index (κ1) is 21.2. The van der Waals surface area contributed by atoms with Crippen molar-refractivity contribution in [2.45, 2.75) is 19.4 Å². The van der Waals surface area contributed by atoms with Gasteiger partial charge in [0.25, 0.3) is 0 Å². The molecule has 0 aromatic heterocycles. The Morgan fingerprint density at radius 2 is 2.00 bits per heavy atom. The van der Waals surface area contributed by atoms with Gasteiger partial charge in [0.05, 0.1) is 6.54 Å². The number of nitrogens with zero attached hydrogens (tertiary/aromatic N) is 1. The second-order valence-electron chi connectivity index (χ2n) is 5.32. The lowest BCUT2D eigenvalue weighted by Crippen LogP contribution is -2.27. The van der Waals surface area contributed by atoms with Crippen LogP contribution in [0.25, 0.3) is 0 Å². The highest BCUT2D eigenvalue weighted by atomic mass is 127. The van der Waals surface area contributed by atoms with Gasteiger partial charge in [0.2, 0.25) is 0 Å². The molecule has 25 heavy (non-hydrogen) atoms. The van der Waals surface area contributed by atoms with Crippen LogP contribution in [0.5, 0.6) is 5.75 Å². The monoisotopic (exact) mass is 459 g/mol. The van der Waals surface area contributed by atoms with E-state index in [1.807, 2.05) is 24.3 Å². The number of aliphatic hydroxyl groups is 1. The maximum Gasteiger partial charge on any atom is 0.193 e. The summed E-state index contributed by atoms with van der Waals surface area (Å²) >= 11 is 0. The molecule has 136 valence electrons. The van der Waals surface area contributed by atoms with Gasteiger partial charge in [-0.25, -0.2) is 4.39 Å². The fourth-order valence-corrected chi connectivity index (χ4v) is 2.04.